The number of amides is 1. The Morgan fingerprint density at radius 3 is 2.22 bits per heavy atom. The fourth-order valence-electron chi connectivity index (χ4n) is 6.05. The molecule has 1 saturated carbocycles. The lowest BCUT2D eigenvalue weighted by atomic mass is 9.63. The highest BCUT2D eigenvalue weighted by Gasteiger charge is 2.73. The average Bonchev–Trinajstić information content (AvgIpc) is 3.32. The lowest BCUT2D eigenvalue weighted by molar-refractivity contribution is -0.125. The SMILES string of the molecule is Cc1ccc(NC(=O)C23CCC(C)(c4nc5cc6c(cc5nc42)OCO6)C3(C)C)cc1C. The summed E-state index contributed by atoms with van der Waals surface area (Å²) in [6, 6.07) is 9.83. The van der Waals surface area contributed by atoms with Crippen molar-refractivity contribution in [3.05, 3.63) is 52.8 Å². The van der Waals surface area contributed by atoms with E-state index in [0.717, 1.165) is 46.5 Å². The number of carbonyl (C=O) groups is 1. The molecule has 1 aromatic heterocycles. The van der Waals surface area contributed by atoms with E-state index in [1.807, 2.05) is 30.3 Å². The molecule has 1 N–H and O–H groups in total. The summed E-state index contributed by atoms with van der Waals surface area (Å²) in [5.41, 5.74) is 5.14. The first-order valence-corrected chi connectivity index (χ1v) is 11.2. The topological polar surface area (TPSA) is 73.3 Å². The van der Waals surface area contributed by atoms with E-state index in [9.17, 15) is 4.79 Å². The highest BCUT2D eigenvalue weighted by atomic mass is 16.7. The summed E-state index contributed by atoms with van der Waals surface area (Å²) in [7, 11) is 0. The zero-order chi connectivity index (χ0) is 22.5. The molecule has 1 amide bonds. The van der Waals surface area contributed by atoms with Crippen LogP contribution in [-0.2, 0) is 15.6 Å². The Balaban J connectivity index is 1.52. The molecule has 2 bridgehead atoms. The second kappa shape index (κ2) is 6.00. The van der Waals surface area contributed by atoms with Crippen molar-refractivity contribution in [1.82, 2.24) is 9.97 Å². The number of fused-ring (bicyclic) bond motifs is 7. The lowest BCUT2D eigenvalue weighted by Gasteiger charge is -2.39. The first-order chi connectivity index (χ1) is 15.2. The van der Waals surface area contributed by atoms with Gasteiger partial charge in [0.25, 0.3) is 0 Å². The molecule has 164 valence electrons. The van der Waals surface area contributed by atoms with Crippen molar-refractivity contribution in [1.29, 1.82) is 0 Å². The molecule has 2 unspecified atom stereocenters. The van der Waals surface area contributed by atoms with Crippen molar-refractivity contribution < 1.29 is 14.3 Å². The molecule has 6 rings (SSSR count). The van der Waals surface area contributed by atoms with Crippen LogP contribution in [0.4, 0.5) is 5.69 Å². The standard InChI is InChI=1S/C26H27N3O3/c1-14-6-7-16(10-15(14)2)27-23(30)26-9-8-25(5,24(26,3)4)21-22(26)29-18-12-20-19(31-13-32-20)11-17(18)28-21/h6-7,10-12H,8-9,13H2,1-5H3,(H,27,30). The van der Waals surface area contributed by atoms with Crippen LogP contribution in [0.1, 0.15) is 56.1 Å². The number of aromatic nitrogens is 2. The minimum Gasteiger partial charge on any atom is -0.454 e. The lowest BCUT2D eigenvalue weighted by Crippen LogP contribution is -2.48. The summed E-state index contributed by atoms with van der Waals surface area (Å²) < 4.78 is 11.1. The van der Waals surface area contributed by atoms with Gasteiger partial charge in [-0.15, -0.1) is 0 Å². The zero-order valence-corrected chi connectivity index (χ0v) is 19.1. The monoisotopic (exact) mass is 429 g/mol. The van der Waals surface area contributed by atoms with Gasteiger partial charge in [-0.05, 0) is 55.4 Å². The van der Waals surface area contributed by atoms with E-state index in [1.165, 1.54) is 5.56 Å². The van der Waals surface area contributed by atoms with Crippen LogP contribution in [0.5, 0.6) is 11.5 Å². The van der Waals surface area contributed by atoms with Gasteiger partial charge in [0.2, 0.25) is 12.7 Å². The number of hydrogen-bond donors (Lipinski definition) is 1. The number of carbonyl (C=O) groups excluding carboxylic acids is 1. The van der Waals surface area contributed by atoms with Crippen molar-refractivity contribution in [2.45, 2.75) is 58.3 Å². The first kappa shape index (κ1) is 19.5. The molecular weight excluding hydrogens is 402 g/mol. The predicted molar refractivity (Wildman–Crippen MR) is 122 cm³/mol. The fourth-order valence-corrected chi connectivity index (χ4v) is 6.05. The minimum absolute atomic E-state index is 0.00243. The molecule has 1 aliphatic heterocycles. The van der Waals surface area contributed by atoms with Gasteiger partial charge in [0.05, 0.1) is 27.8 Å². The molecule has 32 heavy (non-hydrogen) atoms. The molecular formula is C26H27N3O3. The third kappa shape index (κ3) is 2.17. The molecule has 0 saturated heterocycles. The van der Waals surface area contributed by atoms with Gasteiger partial charge in [0, 0.05) is 23.2 Å². The van der Waals surface area contributed by atoms with Crippen LogP contribution in [0.15, 0.2) is 30.3 Å². The second-order valence-electron chi connectivity index (χ2n) is 10.2. The van der Waals surface area contributed by atoms with E-state index in [1.54, 1.807) is 0 Å². The zero-order valence-electron chi connectivity index (χ0n) is 19.1. The first-order valence-electron chi connectivity index (χ1n) is 11.2. The number of nitrogens with zero attached hydrogens (tertiary/aromatic N) is 2. The molecule has 2 atom stereocenters. The molecule has 2 aliphatic carbocycles. The smallest absolute Gasteiger partial charge is 0.237 e. The summed E-state index contributed by atoms with van der Waals surface area (Å²) in [5.74, 6) is 1.37. The van der Waals surface area contributed by atoms with Crippen LogP contribution in [0.3, 0.4) is 0 Å². The largest absolute Gasteiger partial charge is 0.454 e. The quantitative estimate of drug-likeness (QED) is 0.624. The van der Waals surface area contributed by atoms with Gasteiger partial charge >= 0.3 is 0 Å². The van der Waals surface area contributed by atoms with E-state index in [-0.39, 0.29) is 23.5 Å². The van der Waals surface area contributed by atoms with Crippen LogP contribution in [0.2, 0.25) is 0 Å². The Morgan fingerprint density at radius 1 is 0.906 bits per heavy atom. The second-order valence-corrected chi connectivity index (χ2v) is 10.2. The molecule has 3 aliphatic rings. The number of anilines is 1. The number of benzene rings is 2. The van der Waals surface area contributed by atoms with Crippen LogP contribution < -0.4 is 14.8 Å². The molecule has 6 nitrogen and oxygen atoms in total. The maximum Gasteiger partial charge on any atom is 0.237 e. The van der Waals surface area contributed by atoms with Crippen molar-refractivity contribution in [2.75, 3.05) is 12.1 Å². The van der Waals surface area contributed by atoms with Gasteiger partial charge in [-0.2, -0.15) is 0 Å². The van der Waals surface area contributed by atoms with E-state index >= 15 is 0 Å². The van der Waals surface area contributed by atoms with Gasteiger partial charge in [0.15, 0.2) is 11.5 Å². The van der Waals surface area contributed by atoms with E-state index < -0.39 is 5.41 Å². The Kier molecular flexibility index (Phi) is 3.66. The van der Waals surface area contributed by atoms with Gasteiger partial charge in [0.1, 0.15) is 0 Å². The summed E-state index contributed by atoms with van der Waals surface area (Å²) in [5, 5.41) is 3.22. The van der Waals surface area contributed by atoms with Gasteiger partial charge < -0.3 is 14.8 Å². The number of aryl methyl sites for hydroxylation is 2. The number of nitrogens with one attached hydrogen (secondary N) is 1. The Hall–Kier alpha value is -3.15. The van der Waals surface area contributed by atoms with Crippen LogP contribution in [0, 0.1) is 19.3 Å². The summed E-state index contributed by atoms with van der Waals surface area (Å²) >= 11 is 0. The average molecular weight is 430 g/mol. The Bertz CT molecular complexity index is 1330. The molecule has 6 heteroatoms. The minimum atomic E-state index is -0.743. The number of ether oxygens (including phenoxy) is 2. The van der Waals surface area contributed by atoms with Crippen LogP contribution in [-0.4, -0.2) is 22.7 Å². The summed E-state index contributed by atoms with van der Waals surface area (Å²) in [4.78, 5) is 24.1. The van der Waals surface area contributed by atoms with E-state index in [4.69, 9.17) is 19.4 Å². The normalized spacial score (nSPS) is 26.4. The van der Waals surface area contributed by atoms with E-state index in [0.29, 0.717) is 11.5 Å². The van der Waals surface area contributed by atoms with E-state index in [2.05, 4.69) is 39.9 Å². The van der Waals surface area contributed by atoms with Crippen molar-refractivity contribution in [2.24, 2.45) is 5.41 Å². The maximum absolute atomic E-state index is 14.0. The van der Waals surface area contributed by atoms with Crippen LogP contribution >= 0.6 is 0 Å². The van der Waals surface area contributed by atoms with Crippen molar-refractivity contribution >= 4 is 22.6 Å². The third-order valence-electron chi connectivity index (χ3n) is 8.68. The highest BCUT2D eigenvalue weighted by Crippen LogP contribution is 2.70. The predicted octanol–water partition coefficient (Wildman–Crippen LogP) is 4.94. The number of hydrogen-bond acceptors (Lipinski definition) is 5. The highest BCUT2D eigenvalue weighted by molar-refractivity contribution is 6.02. The van der Waals surface area contributed by atoms with Crippen molar-refractivity contribution in [3.63, 3.8) is 0 Å². The summed E-state index contributed by atoms with van der Waals surface area (Å²) in [6.45, 7) is 11.0. The number of rotatable bonds is 2. The molecule has 1 fully saturated rings. The Morgan fingerprint density at radius 2 is 1.56 bits per heavy atom. The van der Waals surface area contributed by atoms with Gasteiger partial charge in [-0.3, -0.25) is 4.79 Å². The maximum atomic E-state index is 14.0. The molecule has 2 heterocycles. The van der Waals surface area contributed by atoms with Gasteiger partial charge in [-0.25, -0.2) is 9.97 Å². The summed E-state index contributed by atoms with van der Waals surface area (Å²) in [6.07, 6.45) is 1.66. The molecule has 3 aromatic rings. The molecule has 2 aromatic carbocycles. The van der Waals surface area contributed by atoms with Crippen molar-refractivity contribution in [3.8, 4) is 11.5 Å². The Labute approximate surface area is 187 Å². The van der Waals surface area contributed by atoms with Crippen LogP contribution in [0.25, 0.3) is 11.0 Å². The fraction of sp³-hybridized carbons (Fsp3) is 0.423. The third-order valence-corrected chi connectivity index (χ3v) is 8.68. The molecule has 0 radical (unpaired) electrons. The van der Waals surface area contributed by atoms with Gasteiger partial charge in [-0.1, -0.05) is 26.8 Å². The molecule has 0 spiro atoms.